The molecule has 0 unspecified atom stereocenters. The Morgan fingerprint density at radius 2 is 1.81 bits per heavy atom. The molecule has 5 aliphatic rings. The van der Waals surface area contributed by atoms with Gasteiger partial charge in [-0.1, -0.05) is 30.4 Å². The van der Waals surface area contributed by atoms with Crippen molar-refractivity contribution in [2.45, 2.75) is 19.9 Å². The predicted octanol–water partition coefficient (Wildman–Crippen LogP) is 2.59. The van der Waals surface area contributed by atoms with Crippen molar-refractivity contribution in [3.8, 4) is 0 Å². The SMILES string of the molecule is CCOC(=O)Cn1cc(/C=N\N2C(=O)[C@@H]3[C@H]4C=C[C@@H]([C@@H]5C[C@@H]45)[C@H]3C2=O)c2ccccc21. The number of fused-ring (bicyclic) bond motifs is 1. The molecule has 0 spiro atoms. The lowest BCUT2D eigenvalue weighted by molar-refractivity contribution is -0.144. The minimum Gasteiger partial charge on any atom is -0.465 e. The van der Waals surface area contributed by atoms with Gasteiger partial charge in [0.25, 0.3) is 11.8 Å². The average Bonchev–Trinajstić information content (AvgIpc) is 3.48. The molecule has 1 aliphatic heterocycles. The molecule has 0 radical (unpaired) electrons. The number of para-hydroxylation sites is 1. The molecular formula is C24H23N3O4. The van der Waals surface area contributed by atoms with Crippen molar-refractivity contribution in [2.75, 3.05) is 6.61 Å². The van der Waals surface area contributed by atoms with Crippen LogP contribution in [0.2, 0.25) is 0 Å². The summed E-state index contributed by atoms with van der Waals surface area (Å²) in [7, 11) is 0. The molecule has 7 heteroatoms. The zero-order valence-corrected chi connectivity index (χ0v) is 17.2. The lowest BCUT2D eigenvalue weighted by Gasteiger charge is -2.37. The Morgan fingerprint density at radius 1 is 1.13 bits per heavy atom. The standard InChI is InChI=1S/C24H23N3O4/c1-2-31-20(28)12-26-11-13(14-5-3-4-6-19(14)26)10-25-27-23(29)21-15-7-8-16(18-9-17(15)18)22(21)24(27)30/h3-8,10-11,15-18,21-22H,2,9,12H2,1H3/b25-10-/t15-,16-,17-,18-,21+,22+/m0/s1. The second-order valence-electron chi connectivity index (χ2n) is 8.92. The van der Waals surface area contributed by atoms with Crippen molar-refractivity contribution in [3.05, 3.63) is 48.2 Å². The van der Waals surface area contributed by atoms with E-state index in [-0.39, 0.29) is 48.0 Å². The van der Waals surface area contributed by atoms with Crippen LogP contribution in [0.15, 0.2) is 47.7 Å². The van der Waals surface area contributed by atoms with Crippen LogP contribution in [-0.4, -0.2) is 40.2 Å². The van der Waals surface area contributed by atoms with Crippen LogP contribution in [0.5, 0.6) is 0 Å². The quantitative estimate of drug-likeness (QED) is 0.324. The lowest BCUT2D eigenvalue weighted by Crippen LogP contribution is -2.40. The number of allylic oxidation sites excluding steroid dienone is 2. The molecular weight excluding hydrogens is 394 g/mol. The Labute approximate surface area is 179 Å². The number of esters is 1. The minimum atomic E-state index is -0.317. The molecule has 31 heavy (non-hydrogen) atoms. The first-order valence-electron chi connectivity index (χ1n) is 10.9. The average molecular weight is 417 g/mol. The summed E-state index contributed by atoms with van der Waals surface area (Å²) >= 11 is 0. The number of hydrogen-bond donors (Lipinski definition) is 0. The molecule has 1 aromatic carbocycles. The topological polar surface area (TPSA) is 81.0 Å². The van der Waals surface area contributed by atoms with Crippen molar-refractivity contribution < 1.29 is 19.1 Å². The van der Waals surface area contributed by atoms with E-state index < -0.39 is 0 Å². The van der Waals surface area contributed by atoms with Gasteiger partial charge in [-0.05, 0) is 43.1 Å². The number of aromatic nitrogens is 1. The van der Waals surface area contributed by atoms with Gasteiger partial charge in [0.1, 0.15) is 6.54 Å². The third kappa shape index (κ3) is 2.65. The summed E-state index contributed by atoms with van der Waals surface area (Å²) in [6.45, 7) is 2.19. The van der Waals surface area contributed by atoms with Gasteiger partial charge in [-0.15, -0.1) is 0 Å². The fraction of sp³-hybridized carbons (Fsp3) is 0.417. The van der Waals surface area contributed by atoms with E-state index in [9.17, 15) is 14.4 Å². The van der Waals surface area contributed by atoms with E-state index in [1.54, 1.807) is 17.7 Å². The van der Waals surface area contributed by atoms with Crippen LogP contribution in [0.4, 0.5) is 0 Å². The molecule has 2 saturated carbocycles. The molecule has 158 valence electrons. The van der Waals surface area contributed by atoms with Gasteiger partial charge in [0, 0.05) is 22.7 Å². The predicted molar refractivity (Wildman–Crippen MR) is 113 cm³/mol. The Morgan fingerprint density at radius 3 is 2.48 bits per heavy atom. The molecule has 7 nitrogen and oxygen atoms in total. The second kappa shape index (κ2) is 6.64. The molecule has 7 rings (SSSR count). The molecule has 0 N–H and O–H groups in total. The number of carbonyl (C=O) groups is 3. The number of benzene rings is 1. The molecule has 4 aliphatic carbocycles. The molecule has 2 amide bonds. The highest BCUT2D eigenvalue weighted by Gasteiger charge is 2.67. The number of carbonyl (C=O) groups excluding carboxylic acids is 3. The summed E-state index contributed by atoms with van der Waals surface area (Å²) in [5.74, 6) is 0.323. The number of amides is 2. The van der Waals surface area contributed by atoms with Crippen molar-refractivity contribution in [1.29, 1.82) is 0 Å². The number of rotatable bonds is 5. The van der Waals surface area contributed by atoms with Gasteiger partial charge in [0.15, 0.2) is 0 Å². The van der Waals surface area contributed by atoms with Crippen LogP contribution in [-0.2, 0) is 25.7 Å². The van der Waals surface area contributed by atoms with Crippen molar-refractivity contribution in [1.82, 2.24) is 9.58 Å². The molecule has 2 bridgehead atoms. The molecule has 1 saturated heterocycles. The minimum absolute atomic E-state index is 0.0890. The summed E-state index contributed by atoms with van der Waals surface area (Å²) in [6, 6.07) is 7.66. The fourth-order valence-corrected chi connectivity index (χ4v) is 6.03. The summed E-state index contributed by atoms with van der Waals surface area (Å²) in [4.78, 5) is 38.2. The van der Waals surface area contributed by atoms with E-state index in [1.165, 1.54) is 0 Å². The molecule has 6 atom stereocenters. The van der Waals surface area contributed by atoms with Crippen LogP contribution in [0.1, 0.15) is 18.9 Å². The summed E-state index contributed by atoms with van der Waals surface area (Å²) in [6.07, 6.45) is 8.82. The van der Waals surface area contributed by atoms with Crippen LogP contribution in [0.3, 0.4) is 0 Å². The highest BCUT2D eigenvalue weighted by atomic mass is 16.5. The Balaban J connectivity index is 1.30. The number of ether oxygens (including phenoxy) is 1. The molecule has 2 heterocycles. The van der Waals surface area contributed by atoms with Crippen LogP contribution in [0.25, 0.3) is 10.9 Å². The first kappa shape index (κ1) is 18.5. The maximum Gasteiger partial charge on any atom is 0.325 e. The Hall–Kier alpha value is -3.22. The molecule has 3 fully saturated rings. The third-order valence-electron chi connectivity index (χ3n) is 7.38. The van der Waals surface area contributed by atoms with Crippen LogP contribution >= 0.6 is 0 Å². The van der Waals surface area contributed by atoms with E-state index in [0.717, 1.165) is 27.9 Å². The van der Waals surface area contributed by atoms with E-state index in [1.807, 2.05) is 30.5 Å². The van der Waals surface area contributed by atoms with Gasteiger partial charge in [0.2, 0.25) is 0 Å². The van der Waals surface area contributed by atoms with Gasteiger partial charge in [-0.2, -0.15) is 10.1 Å². The number of hydrogen-bond acceptors (Lipinski definition) is 5. The van der Waals surface area contributed by atoms with Gasteiger partial charge in [0.05, 0.1) is 24.7 Å². The van der Waals surface area contributed by atoms with Gasteiger partial charge in [-0.3, -0.25) is 14.4 Å². The van der Waals surface area contributed by atoms with E-state index in [4.69, 9.17) is 4.74 Å². The summed E-state index contributed by atoms with van der Waals surface area (Å²) in [5.41, 5.74) is 1.62. The summed E-state index contributed by atoms with van der Waals surface area (Å²) < 4.78 is 6.87. The zero-order chi connectivity index (χ0) is 21.3. The van der Waals surface area contributed by atoms with Gasteiger partial charge in [-0.25, -0.2) is 0 Å². The Kier molecular flexibility index (Phi) is 3.97. The number of nitrogens with zero attached hydrogens (tertiary/aromatic N) is 3. The van der Waals surface area contributed by atoms with E-state index >= 15 is 0 Å². The highest BCUT2D eigenvalue weighted by Crippen LogP contribution is 2.65. The van der Waals surface area contributed by atoms with Crippen LogP contribution in [0, 0.1) is 35.5 Å². The monoisotopic (exact) mass is 417 g/mol. The van der Waals surface area contributed by atoms with E-state index in [2.05, 4.69) is 17.3 Å². The largest absolute Gasteiger partial charge is 0.465 e. The zero-order valence-electron chi connectivity index (χ0n) is 17.2. The van der Waals surface area contributed by atoms with Crippen molar-refractivity contribution in [3.63, 3.8) is 0 Å². The van der Waals surface area contributed by atoms with Gasteiger partial charge < -0.3 is 9.30 Å². The van der Waals surface area contributed by atoms with Crippen molar-refractivity contribution >= 4 is 34.9 Å². The number of hydrazone groups is 1. The second-order valence-corrected chi connectivity index (χ2v) is 8.92. The van der Waals surface area contributed by atoms with Crippen LogP contribution < -0.4 is 0 Å². The molecule has 1 aromatic heterocycles. The normalized spacial score (nSPS) is 32.7. The smallest absolute Gasteiger partial charge is 0.325 e. The fourth-order valence-electron chi connectivity index (χ4n) is 6.03. The first-order chi connectivity index (χ1) is 15.1. The Bertz CT molecular complexity index is 1140. The summed E-state index contributed by atoms with van der Waals surface area (Å²) in [5, 5.41) is 6.33. The third-order valence-corrected chi connectivity index (χ3v) is 7.38. The maximum absolute atomic E-state index is 13.1. The van der Waals surface area contributed by atoms with E-state index in [0.29, 0.717) is 18.4 Å². The van der Waals surface area contributed by atoms with Gasteiger partial charge >= 0.3 is 5.97 Å². The maximum atomic E-state index is 13.1. The number of imide groups is 1. The first-order valence-corrected chi connectivity index (χ1v) is 10.9. The lowest BCUT2D eigenvalue weighted by atomic mass is 9.63. The van der Waals surface area contributed by atoms with Crippen molar-refractivity contribution in [2.24, 2.45) is 40.6 Å². The highest BCUT2D eigenvalue weighted by molar-refractivity contribution is 6.07. The molecule has 2 aromatic rings.